The second kappa shape index (κ2) is 12.9. The van der Waals surface area contributed by atoms with E-state index in [9.17, 15) is 9.59 Å². The summed E-state index contributed by atoms with van der Waals surface area (Å²) in [5.74, 6) is 1.46. The molecule has 1 aromatic carbocycles. The van der Waals surface area contributed by atoms with Gasteiger partial charge in [0, 0.05) is 68.4 Å². The number of fused-ring (bicyclic) bond motifs is 1. The van der Waals surface area contributed by atoms with Crippen LogP contribution in [0.3, 0.4) is 0 Å². The number of benzene rings is 1. The van der Waals surface area contributed by atoms with Gasteiger partial charge in [0.2, 0.25) is 17.7 Å². The maximum atomic E-state index is 14.0. The average Bonchev–Trinajstić information content (AvgIpc) is 3.92. The van der Waals surface area contributed by atoms with Crippen LogP contribution in [0.1, 0.15) is 55.5 Å². The van der Waals surface area contributed by atoms with Crippen LogP contribution in [0.4, 0.5) is 5.82 Å². The monoisotopic (exact) mass is 670 g/mol. The molecular weight excluding hydrogens is 628 g/mol. The van der Waals surface area contributed by atoms with Crippen molar-refractivity contribution in [2.24, 2.45) is 17.5 Å². The summed E-state index contributed by atoms with van der Waals surface area (Å²) in [5, 5.41) is 0. The predicted octanol–water partition coefficient (Wildman–Crippen LogP) is 4.76. The fourth-order valence-corrected chi connectivity index (χ4v) is 7.64. The third kappa shape index (κ3) is 6.10. The molecule has 2 fully saturated rings. The molecule has 1 atom stereocenters. The van der Waals surface area contributed by atoms with Crippen LogP contribution >= 0.6 is 0 Å². The molecule has 3 aromatic heterocycles. The van der Waals surface area contributed by atoms with Gasteiger partial charge in [-0.05, 0) is 62.9 Å². The Bertz CT molecular complexity index is 2000. The number of anilines is 1. The first-order chi connectivity index (χ1) is 24.2. The lowest BCUT2D eigenvalue weighted by molar-refractivity contribution is -0.132. The lowest BCUT2D eigenvalue weighted by Gasteiger charge is -2.29. The number of rotatable bonds is 8. The van der Waals surface area contributed by atoms with E-state index in [1.165, 1.54) is 11.1 Å². The number of likely N-dealkylation sites (tertiary alicyclic amines) is 1. The molecule has 8 rings (SSSR count). The standard InChI is InChI=1S/C39H42N8O3/c1-26(2)50-34-11-9-30(20-40-34)36-37-31(21-41-36)8-10-33(43-37)47-19-15-39(38(47)49)14-18-45(24-39)23-35(48)46-16-12-28(13-17-46)27-4-6-29(7-5-27)32-22-44(3)25-42-32/h4-12,20,22,25-26H,13-19,21,23-24H2,1-3H3/t39-/m0/s1. The first-order valence-electron chi connectivity index (χ1n) is 17.5. The van der Waals surface area contributed by atoms with Gasteiger partial charge in [-0.2, -0.15) is 0 Å². The minimum absolute atomic E-state index is 0.0468. The van der Waals surface area contributed by atoms with Crippen LogP contribution in [-0.2, 0) is 23.2 Å². The number of carbonyl (C=O) groups excluding carboxylic acids is 2. The molecule has 0 N–H and O–H groups in total. The second-order valence-corrected chi connectivity index (χ2v) is 14.2. The summed E-state index contributed by atoms with van der Waals surface area (Å²) in [4.78, 5) is 52.0. The van der Waals surface area contributed by atoms with Crippen molar-refractivity contribution >= 4 is 28.9 Å². The van der Waals surface area contributed by atoms with E-state index in [0.29, 0.717) is 51.0 Å². The fraction of sp³-hybridized carbons (Fsp3) is 0.385. The molecule has 256 valence electrons. The van der Waals surface area contributed by atoms with Crippen molar-refractivity contribution in [2.75, 3.05) is 44.2 Å². The van der Waals surface area contributed by atoms with Crippen molar-refractivity contribution in [1.29, 1.82) is 0 Å². The maximum absolute atomic E-state index is 14.0. The first kappa shape index (κ1) is 32.1. The normalized spacial score (nSPS) is 20.5. The molecule has 2 amide bonds. The quantitative estimate of drug-likeness (QED) is 0.266. The number of carbonyl (C=O) groups is 2. The molecule has 0 radical (unpaired) electrons. The molecule has 50 heavy (non-hydrogen) atoms. The van der Waals surface area contributed by atoms with E-state index in [1.54, 1.807) is 6.20 Å². The van der Waals surface area contributed by atoms with Gasteiger partial charge in [0.15, 0.2) is 0 Å². The number of imidazole rings is 1. The Morgan fingerprint density at radius 2 is 1.76 bits per heavy atom. The van der Waals surface area contributed by atoms with Gasteiger partial charge in [-0.25, -0.2) is 15.0 Å². The summed E-state index contributed by atoms with van der Waals surface area (Å²) >= 11 is 0. The summed E-state index contributed by atoms with van der Waals surface area (Å²) < 4.78 is 7.65. The van der Waals surface area contributed by atoms with Gasteiger partial charge in [-0.1, -0.05) is 36.4 Å². The van der Waals surface area contributed by atoms with E-state index in [1.807, 2.05) is 72.1 Å². The molecule has 4 aromatic rings. The fourth-order valence-electron chi connectivity index (χ4n) is 7.64. The zero-order valence-corrected chi connectivity index (χ0v) is 28.9. The average molecular weight is 671 g/mol. The van der Waals surface area contributed by atoms with Crippen molar-refractivity contribution in [3.05, 3.63) is 95.7 Å². The highest BCUT2D eigenvalue weighted by Gasteiger charge is 2.51. The lowest BCUT2D eigenvalue weighted by Crippen LogP contribution is -2.43. The van der Waals surface area contributed by atoms with Gasteiger partial charge < -0.3 is 14.2 Å². The molecule has 0 unspecified atom stereocenters. The number of aryl methyl sites for hydroxylation is 1. The van der Waals surface area contributed by atoms with Crippen LogP contribution in [0.2, 0.25) is 0 Å². The molecule has 4 aliphatic rings. The number of aliphatic imine (C=N–C) groups is 1. The van der Waals surface area contributed by atoms with E-state index in [0.717, 1.165) is 59.6 Å². The zero-order valence-electron chi connectivity index (χ0n) is 28.9. The number of hydrogen-bond donors (Lipinski definition) is 0. The van der Waals surface area contributed by atoms with Crippen molar-refractivity contribution in [2.45, 2.75) is 45.8 Å². The highest BCUT2D eigenvalue weighted by atomic mass is 16.5. The highest BCUT2D eigenvalue weighted by Crippen LogP contribution is 2.42. The highest BCUT2D eigenvalue weighted by molar-refractivity contribution is 6.14. The molecule has 2 saturated heterocycles. The smallest absolute Gasteiger partial charge is 0.237 e. The van der Waals surface area contributed by atoms with Crippen LogP contribution < -0.4 is 9.64 Å². The summed E-state index contributed by atoms with van der Waals surface area (Å²) in [6.45, 7) is 8.08. The Kier molecular flexibility index (Phi) is 8.30. The van der Waals surface area contributed by atoms with Gasteiger partial charge in [-0.3, -0.25) is 24.4 Å². The second-order valence-electron chi connectivity index (χ2n) is 14.2. The lowest BCUT2D eigenvalue weighted by atomic mass is 9.85. The van der Waals surface area contributed by atoms with E-state index in [2.05, 4.69) is 45.2 Å². The van der Waals surface area contributed by atoms with Gasteiger partial charge in [-0.15, -0.1) is 0 Å². The van der Waals surface area contributed by atoms with Gasteiger partial charge in [0.25, 0.3) is 0 Å². The number of aromatic nitrogens is 4. The first-order valence-corrected chi connectivity index (χ1v) is 17.5. The largest absolute Gasteiger partial charge is 0.475 e. The van der Waals surface area contributed by atoms with Crippen LogP contribution in [0.5, 0.6) is 5.88 Å². The minimum Gasteiger partial charge on any atom is -0.475 e. The number of nitrogens with zero attached hydrogens (tertiary/aromatic N) is 8. The predicted molar refractivity (Wildman–Crippen MR) is 192 cm³/mol. The molecular formula is C39H42N8O3. The van der Waals surface area contributed by atoms with Crippen LogP contribution in [-0.4, -0.2) is 92.2 Å². The van der Waals surface area contributed by atoms with Crippen LogP contribution in [0.25, 0.3) is 16.8 Å². The number of hydrogen-bond acceptors (Lipinski definition) is 8. The number of amides is 2. The summed E-state index contributed by atoms with van der Waals surface area (Å²) in [5.41, 5.74) is 7.53. The molecule has 7 heterocycles. The molecule has 0 bridgehead atoms. The number of pyridine rings is 2. The molecule has 11 heteroatoms. The molecule has 0 saturated carbocycles. The molecule has 1 spiro atoms. The van der Waals surface area contributed by atoms with Gasteiger partial charge in [0.1, 0.15) is 5.82 Å². The Balaban J connectivity index is 0.876. The third-order valence-electron chi connectivity index (χ3n) is 10.4. The van der Waals surface area contributed by atoms with Crippen LogP contribution in [0.15, 0.2) is 78.3 Å². The van der Waals surface area contributed by atoms with Crippen molar-refractivity contribution in [3.63, 3.8) is 0 Å². The topological polar surface area (TPSA) is 109 Å². The van der Waals surface area contributed by atoms with Gasteiger partial charge >= 0.3 is 0 Å². The Morgan fingerprint density at radius 1 is 0.960 bits per heavy atom. The minimum atomic E-state index is -0.482. The van der Waals surface area contributed by atoms with Gasteiger partial charge in [0.05, 0.1) is 48.0 Å². The van der Waals surface area contributed by atoms with Crippen LogP contribution in [0, 0.1) is 5.41 Å². The van der Waals surface area contributed by atoms with E-state index in [-0.39, 0.29) is 17.9 Å². The zero-order chi connectivity index (χ0) is 34.4. The summed E-state index contributed by atoms with van der Waals surface area (Å²) in [7, 11) is 1.97. The summed E-state index contributed by atoms with van der Waals surface area (Å²) in [6.07, 6.45) is 10.1. The number of ether oxygens (including phenoxy) is 1. The van der Waals surface area contributed by atoms with Crippen molar-refractivity contribution < 1.29 is 14.3 Å². The molecule has 11 nitrogen and oxygen atoms in total. The van der Waals surface area contributed by atoms with E-state index in [4.69, 9.17) is 14.7 Å². The molecule has 0 aliphatic carbocycles. The SMILES string of the molecule is CC(C)Oc1ccc(C2=NCc3ccc(N4CC[C@]5(CCN(CC(=O)N6CC=C(c7ccc(-c8cn(C)cn8)cc7)CC6)C5)C4=O)nc32)cn1. The Labute approximate surface area is 292 Å². The Hall–Kier alpha value is -5.16. The van der Waals surface area contributed by atoms with E-state index < -0.39 is 5.41 Å². The van der Waals surface area contributed by atoms with Crippen molar-refractivity contribution in [1.82, 2.24) is 29.3 Å². The van der Waals surface area contributed by atoms with E-state index >= 15 is 0 Å². The molecule has 4 aliphatic heterocycles. The summed E-state index contributed by atoms with van der Waals surface area (Å²) in [6, 6.07) is 16.3. The van der Waals surface area contributed by atoms with Crippen molar-refractivity contribution in [3.8, 4) is 17.1 Å². The third-order valence-corrected chi connectivity index (χ3v) is 10.4. The maximum Gasteiger partial charge on any atom is 0.237 e. The Morgan fingerprint density at radius 3 is 2.48 bits per heavy atom.